The van der Waals surface area contributed by atoms with Crippen LogP contribution in [0.5, 0.6) is 0 Å². The van der Waals surface area contributed by atoms with E-state index in [1.807, 2.05) is 0 Å². The SMILES string of the molecule is CN(C)CCc1cn([C@H]2CCCCCCCc3cc(F)cc(F)c3-c3cc(c(F)c(C(F)(F)F)c3)[C@H](CC(=O)O)NC2=O)c(=O)cc1C(F)(F)F. The largest absolute Gasteiger partial charge is 0.481 e. The monoisotopic (exact) mass is 733 g/mol. The van der Waals surface area contributed by atoms with Gasteiger partial charge < -0.3 is 19.9 Å². The van der Waals surface area contributed by atoms with Crippen molar-refractivity contribution in [3.8, 4) is 11.1 Å². The highest BCUT2D eigenvalue weighted by molar-refractivity contribution is 5.82. The topological polar surface area (TPSA) is 91.6 Å². The molecule has 7 nitrogen and oxygen atoms in total. The number of aromatic nitrogens is 1. The van der Waals surface area contributed by atoms with E-state index in [1.54, 1.807) is 19.0 Å². The van der Waals surface area contributed by atoms with Gasteiger partial charge in [0.05, 0.1) is 23.6 Å². The number of halogens is 9. The smallest absolute Gasteiger partial charge is 0.419 e. The molecule has 0 saturated carbocycles. The molecular formula is C35H36F9N3O4. The molecule has 16 heteroatoms. The van der Waals surface area contributed by atoms with E-state index in [-0.39, 0.29) is 43.4 Å². The number of pyridine rings is 1. The molecule has 1 aromatic heterocycles. The second-order valence-electron chi connectivity index (χ2n) is 12.8. The number of aliphatic carboxylic acids is 1. The highest BCUT2D eigenvalue weighted by Gasteiger charge is 2.39. The summed E-state index contributed by atoms with van der Waals surface area (Å²) in [5.74, 6) is -7.05. The third-order valence-corrected chi connectivity index (χ3v) is 8.76. The number of hydrogen-bond acceptors (Lipinski definition) is 4. The Morgan fingerprint density at radius 3 is 2.18 bits per heavy atom. The first-order valence-electron chi connectivity index (χ1n) is 16.2. The Hall–Kier alpha value is -4.34. The van der Waals surface area contributed by atoms with Gasteiger partial charge in [0.2, 0.25) is 5.91 Å². The fraction of sp³-hybridized carbons (Fsp3) is 0.457. The van der Waals surface area contributed by atoms with Gasteiger partial charge in [0.25, 0.3) is 5.56 Å². The van der Waals surface area contributed by atoms with Crippen LogP contribution in [0.2, 0.25) is 0 Å². The number of carbonyl (C=O) groups excluding carboxylic acids is 1. The van der Waals surface area contributed by atoms with Gasteiger partial charge >= 0.3 is 18.3 Å². The summed E-state index contributed by atoms with van der Waals surface area (Å²) in [7, 11) is 3.23. The van der Waals surface area contributed by atoms with E-state index in [0.29, 0.717) is 43.9 Å². The van der Waals surface area contributed by atoms with Crippen molar-refractivity contribution in [2.75, 3.05) is 20.6 Å². The number of alkyl halides is 6. The van der Waals surface area contributed by atoms with Gasteiger partial charge in [-0.05, 0) is 74.7 Å². The van der Waals surface area contributed by atoms with Crippen molar-refractivity contribution in [3.63, 3.8) is 0 Å². The number of carboxylic acid groups (broad SMARTS) is 1. The predicted molar refractivity (Wildman–Crippen MR) is 168 cm³/mol. The molecule has 2 aromatic carbocycles. The molecule has 0 spiro atoms. The zero-order chi connectivity index (χ0) is 37.8. The van der Waals surface area contributed by atoms with Gasteiger partial charge in [0, 0.05) is 36.0 Å². The van der Waals surface area contributed by atoms with Crippen LogP contribution in [-0.4, -0.2) is 47.1 Å². The van der Waals surface area contributed by atoms with Crippen LogP contribution in [0.15, 0.2) is 41.3 Å². The molecule has 0 fully saturated rings. The number of nitrogens with zero attached hydrogens (tertiary/aromatic N) is 2. The van der Waals surface area contributed by atoms with Gasteiger partial charge in [-0.1, -0.05) is 25.7 Å². The zero-order valence-electron chi connectivity index (χ0n) is 27.7. The minimum atomic E-state index is -5.39. The van der Waals surface area contributed by atoms with Crippen molar-refractivity contribution in [2.24, 2.45) is 0 Å². The number of rotatable bonds is 6. The maximum Gasteiger partial charge on any atom is 0.419 e. The summed E-state index contributed by atoms with van der Waals surface area (Å²) >= 11 is 0. The lowest BCUT2D eigenvalue weighted by atomic mass is 9.89. The summed E-state index contributed by atoms with van der Waals surface area (Å²) in [6.07, 6.45) is -8.91. The van der Waals surface area contributed by atoms with Crippen LogP contribution in [0.1, 0.15) is 84.8 Å². The lowest BCUT2D eigenvalue weighted by molar-refractivity contribution is -0.140. The molecule has 51 heavy (non-hydrogen) atoms. The van der Waals surface area contributed by atoms with Crippen LogP contribution in [0.3, 0.4) is 0 Å². The normalized spacial score (nSPS) is 18.0. The number of nitrogens with one attached hydrogen (secondary N) is 1. The van der Waals surface area contributed by atoms with E-state index in [0.717, 1.165) is 22.9 Å². The molecule has 3 aromatic rings. The molecule has 1 aliphatic heterocycles. The Balaban J connectivity index is 1.94. The van der Waals surface area contributed by atoms with Crippen molar-refractivity contribution in [3.05, 3.63) is 92.2 Å². The third kappa shape index (κ3) is 9.71. The molecule has 0 aliphatic carbocycles. The van der Waals surface area contributed by atoms with Crippen molar-refractivity contribution >= 4 is 11.9 Å². The Morgan fingerprint density at radius 2 is 1.55 bits per heavy atom. The Morgan fingerprint density at radius 1 is 0.902 bits per heavy atom. The zero-order valence-corrected chi connectivity index (χ0v) is 27.7. The van der Waals surface area contributed by atoms with Gasteiger partial charge in [0.15, 0.2) is 0 Å². The summed E-state index contributed by atoms with van der Waals surface area (Å²) in [5.41, 5.74) is -6.65. The highest BCUT2D eigenvalue weighted by atomic mass is 19.4. The molecule has 2 atom stereocenters. The van der Waals surface area contributed by atoms with E-state index in [2.05, 4.69) is 5.32 Å². The minimum absolute atomic E-state index is 0.00379. The van der Waals surface area contributed by atoms with E-state index in [1.165, 1.54) is 0 Å². The van der Waals surface area contributed by atoms with Gasteiger partial charge in [0.1, 0.15) is 23.5 Å². The van der Waals surface area contributed by atoms with E-state index in [9.17, 15) is 50.2 Å². The Kier molecular flexibility index (Phi) is 12.3. The molecular weight excluding hydrogens is 697 g/mol. The molecule has 0 saturated heterocycles. The summed E-state index contributed by atoms with van der Waals surface area (Å²) < 4.78 is 131. The van der Waals surface area contributed by atoms with Crippen molar-refractivity contribution in [2.45, 2.75) is 82.2 Å². The predicted octanol–water partition coefficient (Wildman–Crippen LogP) is 7.84. The number of amides is 1. The summed E-state index contributed by atoms with van der Waals surface area (Å²) in [6.45, 7) is 0.131. The van der Waals surface area contributed by atoms with Crippen LogP contribution in [-0.2, 0) is 34.8 Å². The van der Waals surface area contributed by atoms with Crippen LogP contribution in [0.25, 0.3) is 11.1 Å². The Bertz CT molecular complexity index is 1820. The maximum absolute atomic E-state index is 15.8. The molecule has 0 unspecified atom stereocenters. The van der Waals surface area contributed by atoms with E-state index in [4.69, 9.17) is 0 Å². The number of carboxylic acids is 1. The van der Waals surface area contributed by atoms with Gasteiger partial charge in [-0.25, -0.2) is 13.2 Å². The highest BCUT2D eigenvalue weighted by Crippen LogP contribution is 2.41. The molecule has 2 heterocycles. The van der Waals surface area contributed by atoms with Crippen LogP contribution in [0.4, 0.5) is 39.5 Å². The molecule has 2 bridgehead atoms. The van der Waals surface area contributed by atoms with Crippen molar-refractivity contribution in [1.29, 1.82) is 0 Å². The summed E-state index contributed by atoms with van der Waals surface area (Å²) in [5, 5.41) is 11.9. The van der Waals surface area contributed by atoms with Crippen LogP contribution in [0, 0.1) is 17.5 Å². The van der Waals surface area contributed by atoms with Crippen molar-refractivity contribution in [1.82, 2.24) is 14.8 Å². The number of carbonyl (C=O) groups is 2. The lowest BCUT2D eigenvalue weighted by Gasteiger charge is -2.26. The Labute approximate surface area is 287 Å². The lowest BCUT2D eigenvalue weighted by Crippen LogP contribution is -2.40. The average molecular weight is 734 g/mol. The third-order valence-electron chi connectivity index (χ3n) is 8.76. The fourth-order valence-corrected chi connectivity index (χ4v) is 6.30. The van der Waals surface area contributed by atoms with E-state index < -0.39 is 93.6 Å². The fourth-order valence-electron chi connectivity index (χ4n) is 6.30. The quantitative estimate of drug-likeness (QED) is 0.252. The summed E-state index contributed by atoms with van der Waals surface area (Å²) in [4.78, 5) is 40.7. The molecule has 0 radical (unpaired) electrons. The van der Waals surface area contributed by atoms with Gasteiger partial charge in [-0.3, -0.25) is 14.4 Å². The summed E-state index contributed by atoms with van der Waals surface area (Å²) in [6, 6.07) is -0.784. The maximum atomic E-state index is 15.8. The second kappa shape index (κ2) is 15.9. The number of likely N-dealkylation sites (N-methyl/N-ethyl adjacent to an activating group) is 1. The average Bonchev–Trinajstić information content (AvgIpc) is 3.00. The van der Waals surface area contributed by atoms with Gasteiger partial charge in [-0.15, -0.1) is 0 Å². The minimum Gasteiger partial charge on any atom is -0.481 e. The molecule has 2 N–H and O–H groups in total. The number of hydrogen-bond donors (Lipinski definition) is 2. The number of aryl methyl sites for hydroxylation is 1. The van der Waals surface area contributed by atoms with Crippen molar-refractivity contribution < 1.29 is 54.2 Å². The van der Waals surface area contributed by atoms with Gasteiger partial charge in [-0.2, -0.15) is 26.3 Å². The van der Waals surface area contributed by atoms with Crippen LogP contribution >= 0.6 is 0 Å². The van der Waals surface area contributed by atoms with E-state index >= 15 is 8.78 Å². The standard InChI is InChI=1S/C35H36F9N3O4/c1-46(2)11-10-20-18-47(29(48)16-24(20)34(39,40)41)28-9-7-5-3-4-6-8-19-12-22(36)15-26(37)31(19)21-13-23(27(17-30(49)50)45-33(28)51)32(38)25(14-21)35(42,43)44/h12-16,18,27-28H,3-11,17H2,1-2H3,(H,45,51)(H,49,50)/t27-,28-/m0/s1. The molecule has 278 valence electrons. The number of benzene rings is 2. The molecule has 1 aliphatic rings. The second-order valence-corrected chi connectivity index (χ2v) is 12.8. The van der Waals surface area contributed by atoms with Crippen LogP contribution < -0.4 is 10.9 Å². The molecule has 1 amide bonds. The number of fused-ring (bicyclic) bond motifs is 4. The first-order chi connectivity index (χ1) is 23.8. The first kappa shape index (κ1) is 39.4. The first-order valence-corrected chi connectivity index (χ1v) is 16.2. The molecule has 4 rings (SSSR count).